The number of tetrazole rings is 1. The van der Waals surface area contributed by atoms with E-state index in [0.29, 0.717) is 23.5 Å². The molecule has 0 aliphatic heterocycles. The molecule has 8 nitrogen and oxygen atoms in total. The van der Waals surface area contributed by atoms with Gasteiger partial charge >= 0.3 is 6.03 Å². The van der Waals surface area contributed by atoms with Gasteiger partial charge in [-0.15, -0.1) is 10.2 Å². The smallest absolute Gasteiger partial charge is 0.323 e. The van der Waals surface area contributed by atoms with Gasteiger partial charge in [-0.05, 0) is 59.4 Å². The first kappa shape index (κ1) is 26.8. The number of nitrogens with one attached hydrogen (secondary N) is 3. The van der Waals surface area contributed by atoms with Gasteiger partial charge in [-0.25, -0.2) is 9.18 Å². The van der Waals surface area contributed by atoms with Crippen LogP contribution in [0.4, 0.5) is 26.2 Å². The van der Waals surface area contributed by atoms with Crippen molar-refractivity contribution in [3.05, 3.63) is 72.5 Å². The van der Waals surface area contributed by atoms with Crippen molar-refractivity contribution in [1.29, 1.82) is 0 Å². The molecule has 0 atom stereocenters. The molecule has 3 N–H and O–H groups in total. The van der Waals surface area contributed by atoms with Crippen LogP contribution in [0.5, 0.6) is 0 Å². The van der Waals surface area contributed by atoms with E-state index in [2.05, 4.69) is 63.9 Å². The Hall–Kier alpha value is -4.27. The first-order chi connectivity index (χ1) is 18.4. The number of para-hydroxylation sites is 1. The summed E-state index contributed by atoms with van der Waals surface area (Å²) in [6.45, 7) is 9.55. The Morgan fingerprint density at radius 3 is 2.29 bits per heavy atom. The van der Waals surface area contributed by atoms with Gasteiger partial charge in [-0.3, -0.25) is 0 Å². The molecule has 1 heterocycles. The lowest BCUT2D eigenvalue weighted by molar-refractivity contribution is 0.262. The molecule has 9 heteroatoms. The highest BCUT2D eigenvalue weighted by Gasteiger charge is 2.22. The van der Waals surface area contributed by atoms with Gasteiger partial charge in [0.15, 0.2) is 0 Å². The standard InChI is InChI=1S/C29H34FN7O/c1-5-21(6-2)37(18-19(3)4)27-16-15-20(22-11-7-8-12-23(22)28-33-35-36-34-28)17-26(27)32-29(38)31-25-14-10-9-13-24(25)30/h7-17,19,21H,5-6,18H2,1-4H3,(H2,31,32,38)(H,33,34,35,36). The molecule has 4 rings (SSSR count). The van der Waals surface area contributed by atoms with Crippen LogP contribution in [0.3, 0.4) is 0 Å². The van der Waals surface area contributed by atoms with Crippen LogP contribution in [0, 0.1) is 11.7 Å². The summed E-state index contributed by atoms with van der Waals surface area (Å²) in [5, 5.41) is 20.2. The summed E-state index contributed by atoms with van der Waals surface area (Å²) in [4.78, 5) is 15.5. The van der Waals surface area contributed by atoms with Crippen LogP contribution >= 0.6 is 0 Å². The van der Waals surface area contributed by atoms with Crippen LogP contribution in [-0.4, -0.2) is 39.2 Å². The Labute approximate surface area is 222 Å². The van der Waals surface area contributed by atoms with Crippen LogP contribution in [0.1, 0.15) is 40.5 Å². The first-order valence-corrected chi connectivity index (χ1v) is 13.0. The first-order valence-electron chi connectivity index (χ1n) is 13.0. The highest BCUT2D eigenvalue weighted by atomic mass is 19.1. The third kappa shape index (κ3) is 6.16. The van der Waals surface area contributed by atoms with Gasteiger partial charge in [0.25, 0.3) is 0 Å². The number of nitrogens with zero attached hydrogens (tertiary/aromatic N) is 4. The lowest BCUT2D eigenvalue weighted by Gasteiger charge is -2.35. The molecule has 0 spiro atoms. The number of carbonyl (C=O) groups excluding carboxylic acids is 1. The van der Waals surface area contributed by atoms with E-state index in [1.807, 2.05) is 42.5 Å². The fourth-order valence-corrected chi connectivity index (χ4v) is 4.67. The van der Waals surface area contributed by atoms with Crippen LogP contribution in [0.15, 0.2) is 66.7 Å². The quantitative estimate of drug-likeness (QED) is 0.212. The summed E-state index contributed by atoms with van der Waals surface area (Å²) in [5.41, 5.74) is 4.25. The number of hydrogen-bond donors (Lipinski definition) is 3. The predicted molar refractivity (Wildman–Crippen MR) is 151 cm³/mol. The fraction of sp³-hybridized carbons (Fsp3) is 0.310. The highest BCUT2D eigenvalue weighted by molar-refractivity contribution is 6.02. The van der Waals surface area contributed by atoms with Gasteiger partial charge < -0.3 is 15.5 Å². The lowest BCUT2D eigenvalue weighted by Crippen LogP contribution is -2.38. The number of amides is 2. The van der Waals surface area contributed by atoms with Crippen molar-refractivity contribution < 1.29 is 9.18 Å². The van der Waals surface area contributed by atoms with Gasteiger partial charge in [0.2, 0.25) is 5.82 Å². The number of aromatic nitrogens is 4. The van der Waals surface area contributed by atoms with E-state index in [-0.39, 0.29) is 5.69 Å². The normalized spacial score (nSPS) is 11.1. The van der Waals surface area contributed by atoms with E-state index in [0.717, 1.165) is 41.8 Å². The topological polar surface area (TPSA) is 98.8 Å². The van der Waals surface area contributed by atoms with E-state index in [9.17, 15) is 9.18 Å². The molecular formula is C29H34FN7O. The van der Waals surface area contributed by atoms with Gasteiger partial charge in [0.05, 0.1) is 17.1 Å². The summed E-state index contributed by atoms with van der Waals surface area (Å²) in [6.07, 6.45) is 1.93. The van der Waals surface area contributed by atoms with E-state index in [4.69, 9.17) is 0 Å². The average Bonchev–Trinajstić information content (AvgIpc) is 3.45. The van der Waals surface area contributed by atoms with E-state index < -0.39 is 11.8 Å². The molecule has 38 heavy (non-hydrogen) atoms. The second-order valence-electron chi connectivity index (χ2n) is 9.59. The SMILES string of the molecule is CCC(CC)N(CC(C)C)c1ccc(-c2ccccc2-c2nn[nH]n2)cc1NC(=O)Nc1ccccc1F. The molecule has 0 bridgehead atoms. The molecule has 0 aliphatic carbocycles. The number of rotatable bonds is 10. The Kier molecular flexibility index (Phi) is 8.68. The second kappa shape index (κ2) is 12.3. The summed E-state index contributed by atoms with van der Waals surface area (Å²) < 4.78 is 14.2. The minimum absolute atomic E-state index is 0.115. The number of halogens is 1. The van der Waals surface area contributed by atoms with Gasteiger partial charge in [0, 0.05) is 18.2 Å². The Bertz CT molecular complexity index is 1350. The van der Waals surface area contributed by atoms with Crippen molar-refractivity contribution in [2.24, 2.45) is 5.92 Å². The van der Waals surface area contributed by atoms with Crippen LogP contribution in [0.2, 0.25) is 0 Å². The zero-order valence-electron chi connectivity index (χ0n) is 22.2. The van der Waals surface area contributed by atoms with Crippen molar-refractivity contribution in [3.8, 4) is 22.5 Å². The van der Waals surface area contributed by atoms with E-state index >= 15 is 0 Å². The van der Waals surface area contributed by atoms with Crippen molar-refractivity contribution >= 4 is 23.1 Å². The maximum Gasteiger partial charge on any atom is 0.323 e. The zero-order chi connectivity index (χ0) is 27.1. The molecular weight excluding hydrogens is 481 g/mol. The number of benzene rings is 3. The van der Waals surface area contributed by atoms with Crippen molar-refractivity contribution in [3.63, 3.8) is 0 Å². The summed E-state index contributed by atoms with van der Waals surface area (Å²) in [7, 11) is 0. The minimum Gasteiger partial charge on any atom is -0.367 e. The van der Waals surface area contributed by atoms with Gasteiger partial charge in [0.1, 0.15) is 5.82 Å². The van der Waals surface area contributed by atoms with Crippen molar-refractivity contribution in [2.75, 3.05) is 22.1 Å². The molecule has 0 fully saturated rings. The molecule has 1 aromatic heterocycles. The van der Waals surface area contributed by atoms with Crippen LogP contribution in [0.25, 0.3) is 22.5 Å². The maximum absolute atomic E-state index is 14.2. The van der Waals surface area contributed by atoms with Crippen LogP contribution in [-0.2, 0) is 0 Å². The molecule has 0 aliphatic rings. The fourth-order valence-electron chi connectivity index (χ4n) is 4.67. The Morgan fingerprint density at radius 2 is 1.63 bits per heavy atom. The number of urea groups is 1. The third-order valence-electron chi connectivity index (χ3n) is 6.45. The molecule has 2 amide bonds. The number of anilines is 3. The average molecular weight is 516 g/mol. The number of H-pyrrole nitrogens is 1. The third-order valence-corrected chi connectivity index (χ3v) is 6.45. The highest BCUT2D eigenvalue weighted by Crippen LogP contribution is 2.37. The number of carbonyl (C=O) groups is 1. The molecule has 0 saturated carbocycles. The second-order valence-corrected chi connectivity index (χ2v) is 9.59. The molecule has 198 valence electrons. The molecule has 3 aromatic carbocycles. The monoisotopic (exact) mass is 515 g/mol. The zero-order valence-corrected chi connectivity index (χ0v) is 22.2. The number of aromatic amines is 1. The number of hydrogen-bond acceptors (Lipinski definition) is 5. The van der Waals surface area contributed by atoms with Gasteiger partial charge in [-0.1, -0.05) is 70.2 Å². The minimum atomic E-state index is -0.519. The molecule has 0 radical (unpaired) electrons. The summed E-state index contributed by atoms with van der Waals surface area (Å²) in [6, 6.07) is 19.7. The molecule has 0 unspecified atom stereocenters. The Balaban J connectivity index is 1.79. The molecule has 4 aromatic rings. The van der Waals surface area contributed by atoms with Gasteiger partial charge in [-0.2, -0.15) is 5.21 Å². The van der Waals surface area contributed by atoms with Crippen LogP contribution < -0.4 is 15.5 Å². The lowest BCUT2D eigenvalue weighted by atomic mass is 9.97. The molecule has 0 saturated heterocycles. The summed E-state index contributed by atoms with van der Waals surface area (Å²) >= 11 is 0. The predicted octanol–water partition coefficient (Wildman–Crippen LogP) is 6.97. The van der Waals surface area contributed by atoms with E-state index in [1.54, 1.807) is 12.1 Å². The van der Waals surface area contributed by atoms with E-state index in [1.165, 1.54) is 12.1 Å². The van der Waals surface area contributed by atoms with Crippen molar-refractivity contribution in [2.45, 2.75) is 46.6 Å². The largest absolute Gasteiger partial charge is 0.367 e. The maximum atomic E-state index is 14.2. The van der Waals surface area contributed by atoms with Crippen molar-refractivity contribution in [1.82, 2.24) is 20.6 Å². The summed E-state index contributed by atoms with van der Waals surface area (Å²) in [5.74, 6) is 0.397. The Morgan fingerprint density at radius 1 is 0.947 bits per heavy atom.